The highest BCUT2D eigenvalue weighted by molar-refractivity contribution is 6.74. The number of ether oxygens (including phenoxy) is 3. The molecule has 1 aliphatic rings. The van der Waals surface area contributed by atoms with Gasteiger partial charge in [0, 0.05) is 24.2 Å². The molecule has 2 aromatic rings. The Morgan fingerprint density at radius 1 is 1.27 bits per heavy atom. The van der Waals surface area contributed by atoms with Crippen LogP contribution in [0.15, 0.2) is 29.2 Å². The third-order valence-electron chi connectivity index (χ3n) is 7.89. The summed E-state index contributed by atoms with van der Waals surface area (Å²) in [6.45, 7) is 16.0. The van der Waals surface area contributed by atoms with Crippen LogP contribution in [0.25, 0.3) is 0 Å². The maximum Gasteiger partial charge on any atom is 0.351 e. The van der Waals surface area contributed by atoms with Crippen molar-refractivity contribution in [3.05, 3.63) is 56.1 Å². The minimum Gasteiger partial charge on any atom is -0.497 e. The molecule has 13 heteroatoms. The van der Waals surface area contributed by atoms with Gasteiger partial charge in [-0.3, -0.25) is 14.7 Å². The number of nitrogen functional groups attached to an aromatic ring is 1. The van der Waals surface area contributed by atoms with E-state index in [2.05, 4.69) is 38.8 Å². The van der Waals surface area contributed by atoms with E-state index in [4.69, 9.17) is 24.4 Å². The van der Waals surface area contributed by atoms with Crippen LogP contribution < -0.4 is 16.2 Å². The lowest BCUT2D eigenvalue weighted by molar-refractivity contribution is -0.386. The molecular weight excluding hydrogens is 548 g/mol. The van der Waals surface area contributed by atoms with E-state index < -0.39 is 48.9 Å². The average Bonchev–Trinajstić information content (AvgIpc) is 3.25. The Morgan fingerprint density at radius 2 is 1.93 bits per heavy atom. The summed E-state index contributed by atoms with van der Waals surface area (Å²) in [5.74, 6) is 0.453. The van der Waals surface area contributed by atoms with Crippen molar-refractivity contribution in [1.29, 1.82) is 0 Å². The molecule has 1 aromatic heterocycles. The van der Waals surface area contributed by atoms with E-state index in [1.165, 1.54) is 30.0 Å². The summed E-state index contributed by atoms with van der Waals surface area (Å²) in [7, 11) is -0.690. The fourth-order valence-electron chi connectivity index (χ4n) is 4.57. The number of hydrogen-bond acceptors (Lipinski definition) is 10. The summed E-state index contributed by atoms with van der Waals surface area (Å²) in [6, 6.07) is 4.52. The largest absolute Gasteiger partial charge is 0.497 e. The first kappa shape index (κ1) is 32.7. The summed E-state index contributed by atoms with van der Waals surface area (Å²) in [5.41, 5.74) is 5.66. The van der Waals surface area contributed by atoms with E-state index in [-0.39, 0.29) is 29.8 Å². The van der Waals surface area contributed by atoms with Gasteiger partial charge >= 0.3 is 5.69 Å². The number of methoxy groups -OCH3 is 1. The number of aromatic nitrogens is 2. The predicted octanol–water partition coefficient (Wildman–Crippen LogP) is 4.72. The minimum absolute atomic E-state index is 0.00942. The van der Waals surface area contributed by atoms with Crippen LogP contribution in [0.1, 0.15) is 71.4 Å². The lowest BCUT2D eigenvalue weighted by Crippen LogP contribution is -2.46. The number of rotatable bonds is 10. The van der Waals surface area contributed by atoms with Crippen molar-refractivity contribution < 1.29 is 28.7 Å². The van der Waals surface area contributed by atoms with Crippen LogP contribution in [0.2, 0.25) is 18.1 Å². The van der Waals surface area contributed by atoms with Crippen LogP contribution >= 0.6 is 0 Å². The van der Waals surface area contributed by atoms with Gasteiger partial charge in [0.05, 0.1) is 43.0 Å². The second-order valence-corrected chi connectivity index (χ2v) is 17.8. The maximum atomic E-state index is 12.9. The van der Waals surface area contributed by atoms with Crippen LogP contribution in [0, 0.1) is 15.5 Å². The molecule has 0 bridgehead atoms. The van der Waals surface area contributed by atoms with Gasteiger partial charge in [-0.15, -0.1) is 0 Å². The van der Waals surface area contributed by atoms with Gasteiger partial charge in [0.1, 0.15) is 23.9 Å². The number of nitrogens with two attached hydrogens (primary N) is 1. The molecule has 0 saturated carbocycles. The predicted molar refractivity (Wildman–Crippen MR) is 157 cm³/mol. The Kier molecular flexibility index (Phi) is 9.70. The highest BCUT2D eigenvalue weighted by Crippen LogP contribution is 2.43. The number of anilines is 1. The van der Waals surface area contributed by atoms with Crippen LogP contribution in [0.5, 0.6) is 5.75 Å². The molecular formula is C28H44N4O8Si. The molecule has 0 unspecified atom stereocenters. The summed E-state index contributed by atoms with van der Waals surface area (Å²) in [6.07, 6.45) is -0.547. The maximum absolute atomic E-state index is 12.9. The summed E-state index contributed by atoms with van der Waals surface area (Å²) in [4.78, 5) is 28.3. The van der Waals surface area contributed by atoms with Crippen molar-refractivity contribution in [1.82, 2.24) is 9.55 Å². The number of nitro groups is 1. The van der Waals surface area contributed by atoms with E-state index in [1.807, 2.05) is 20.8 Å². The fraction of sp³-hybridized carbons (Fsp3) is 0.643. The molecule has 2 heterocycles. The van der Waals surface area contributed by atoms with Gasteiger partial charge < -0.3 is 29.5 Å². The molecule has 0 spiro atoms. The molecule has 1 aliphatic heterocycles. The number of hydrogen-bond donors (Lipinski definition) is 2. The molecule has 0 aliphatic carbocycles. The van der Waals surface area contributed by atoms with Gasteiger partial charge in [-0.2, -0.15) is 4.98 Å². The third-order valence-corrected chi connectivity index (χ3v) is 12.4. The first-order chi connectivity index (χ1) is 18.9. The highest BCUT2D eigenvalue weighted by atomic mass is 28.4. The monoisotopic (exact) mass is 592 g/mol. The van der Waals surface area contributed by atoms with E-state index in [9.17, 15) is 20.0 Å². The molecule has 41 heavy (non-hydrogen) atoms. The van der Waals surface area contributed by atoms with Gasteiger partial charge in [-0.05, 0) is 35.7 Å². The molecule has 0 amide bonds. The molecule has 3 rings (SSSR count). The van der Waals surface area contributed by atoms with Crippen LogP contribution in [-0.4, -0.2) is 53.8 Å². The van der Waals surface area contributed by atoms with Gasteiger partial charge in [0.25, 0.3) is 5.69 Å². The lowest BCUT2D eigenvalue weighted by atomic mass is 9.83. The quantitative estimate of drug-likeness (QED) is 0.224. The Balaban J connectivity index is 1.91. The van der Waals surface area contributed by atoms with Gasteiger partial charge in [-0.1, -0.05) is 41.5 Å². The Hall–Kier alpha value is -2.84. The van der Waals surface area contributed by atoms with Gasteiger partial charge in [0.15, 0.2) is 8.32 Å². The third kappa shape index (κ3) is 7.33. The summed E-state index contributed by atoms with van der Waals surface area (Å²) >= 11 is 0. The lowest BCUT2D eigenvalue weighted by Gasteiger charge is -2.39. The zero-order valence-corrected chi connectivity index (χ0v) is 26.5. The number of benzene rings is 1. The van der Waals surface area contributed by atoms with Crippen LogP contribution in [-0.2, 0) is 20.5 Å². The topological polar surface area (TPSA) is 161 Å². The Labute approximate surface area is 242 Å². The zero-order valence-electron chi connectivity index (χ0n) is 25.5. The number of nitrogens with zero attached hydrogens (tertiary/aromatic N) is 3. The molecule has 1 aromatic carbocycles. The first-order valence-corrected chi connectivity index (χ1v) is 16.6. The molecule has 4 atom stereocenters. The highest BCUT2D eigenvalue weighted by Gasteiger charge is 2.45. The smallest absolute Gasteiger partial charge is 0.351 e. The second kappa shape index (κ2) is 12.2. The van der Waals surface area contributed by atoms with Gasteiger partial charge in [-0.25, -0.2) is 4.79 Å². The van der Waals surface area contributed by atoms with Crippen LogP contribution in [0.4, 0.5) is 11.5 Å². The first-order valence-electron chi connectivity index (χ1n) is 13.6. The normalized spacial score (nSPS) is 20.7. The number of aliphatic hydroxyl groups is 1. The minimum atomic E-state index is -2.18. The second-order valence-electron chi connectivity index (χ2n) is 13.0. The van der Waals surface area contributed by atoms with Crippen molar-refractivity contribution in [2.75, 3.05) is 19.5 Å². The van der Waals surface area contributed by atoms with E-state index in [0.29, 0.717) is 23.3 Å². The van der Waals surface area contributed by atoms with Crippen molar-refractivity contribution in [3.8, 4) is 5.75 Å². The Morgan fingerprint density at radius 3 is 2.46 bits per heavy atom. The zero-order chi connectivity index (χ0) is 30.9. The van der Waals surface area contributed by atoms with Crippen molar-refractivity contribution >= 4 is 19.8 Å². The summed E-state index contributed by atoms with van der Waals surface area (Å²) < 4.78 is 25.5. The standard InChI is InChI=1S/C28H44N4O8Si/c1-27(2,3)24(19-12-18(37-7)10-11-20(19)32(35)36)38-16-17-14-31(26(34)30-25(17)29)23-13-21(22(15-33)39-23)40-41(8,9)28(4,5)6/h10-12,14,21-24,33H,13,15-16H2,1-9H3,(H2,29,30,34)/t21-,22-,23-,24-/m1/s1. The average molecular weight is 593 g/mol. The summed E-state index contributed by atoms with van der Waals surface area (Å²) in [5, 5.41) is 21.8. The molecule has 3 N–H and O–H groups in total. The number of aliphatic hydroxyl groups excluding tert-OH is 1. The molecule has 1 fully saturated rings. The molecule has 12 nitrogen and oxygen atoms in total. The Bertz CT molecular complexity index is 1300. The molecule has 0 radical (unpaired) electrons. The van der Waals surface area contributed by atoms with Crippen molar-refractivity contribution in [2.24, 2.45) is 5.41 Å². The van der Waals surface area contributed by atoms with E-state index in [0.717, 1.165) is 0 Å². The number of nitro benzene ring substituents is 1. The van der Waals surface area contributed by atoms with Crippen LogP contribution in [0.3, 0.4) is 0 Å². The fourth-order valence-corrected chi connectivity index (χ4v) is 5.93. The van der Waals surface area contributed by atoms with Gasteiger partial charge in [0.2, 0.25) is 0 Å². The van der Waals surface area contributed by atoms with E-state index >= 15 is 0 Å². The van der Waals surface area contributed by atoms with Crippen molar-refractivity contribution in [3.63, 3.8) is 0 Å². The van der Waals surface area contributed by atoms with E-state index in [1.54, 1.807) is 6.07 Å². The molecule has 228 valence electrons. The van der Waals surface area contributed by atoms with Crippen molar-refractivity contribution in [2.45, 2.75) is 97.2 Å². The SMILES string of the molecule is COc1ccc([N+](=O)[O-])c([C@@H](OCc2cn([C@H]3C[C@@H](O[Si](C)(C)C(C)(C)C)[C@@H](CO)O3)c(=O)nc2N)C(C)(C)C)c1. The molecule has 1 saturated heterocycles.